The summed E-state index contributed by atoms with van der Waals surface area (Å²) in [6.45, 7) is 0.324. The second kappa shape index (κ2) is 7.36. The van der Waals surface area contributed by atoms with E-state index in [2.05, 4.69) is 19.6 Å². The molecule has 0 aliphatic heterocycles. The molecule has 0 N–H and O–H groups in total. The van der Waals surface area contributed by atoms with Crippen molar-refractivity contribution in [3.05, 3.63) is 64.8 Å². The van der Waals surface area contributed by atoms with Gasteiger partial charge in [-0.05, 0) is 23.8 Å². The third-order valence-electron chi connectivity index (χ3n) is 3.61. The van der Waals surface area contributed by atoms with E-state index < -0.39 is 12.1 Å². The largest absolute Gasteiger partial charge is 0.471 e. The number of nitrogens with zero attached hydrogens (tertiary/aromatic N) is 4. The predicted molar refractivity (Wildman–Crippen MR) is 89.8 cm³/mol. The first-order valence-electron chi connectivity index (χ1n) is 7.61. The van der Waals surface area contributed by atoms with Gasteiger partial charge < -0.3 is 9.42 Å². The highest BCUT2D eigenvalue weighted by atomic mass is 35.5. The number of carbonyl (C=O) groups excluding carboxylic acids is 1. The van der Waals surface area contributed by atoms with Crippen molar-refractivity contribution in [1.82, 2.24) is 20.0 Å². The molecule has 140 valence electrons. The fraction of sp³-hybridized carbons (Fsp3) is 0.176. The average molecular weight is 397 g/mol. The topological polar surface area (TPSA) is 72.1 Å². The van der Waals surface area contributed by atoms with Gasteiger partial charge in [0.15, 0.2) is 0 Å². The maximum absolute atomic E-state index is 12.5. The van der Waals surface area contributed by atoms with Crippen LogP contribution in [0.3, 0.4) is 0 Å². The van der Waals surface area contributed by atoms with Crippen LogP contribution in [0.4, 0.5) is 13.2 Å². The first-order chi connectivity index (χ1) is 12.7. The van der Waals surface area contributed by atoms with Gasteiger partial charge in [-0.1, -0.05) is 35.0 Å². The molecule has 3 rings (SSSR count). The second-order valence-corrected chi connectivity index (χ2v) is 6.04. The summed E-state index contributed by atoms with van der Waals surface area (Å²) in [4.78, 5) is 21.2. The average Bonchev–Trinajstić information content (AvgIpc) is 3.14. The Hall–Kier alpha value is -2.94. The minimum absolute atomic E-state index is 0.207. The molecule has 0 saturated heterocycles. The summed E-state index contributed by atoms with van der Waals surface area (Å²) in [7, 11) is 1.62. The number of pyridine rings is 1. The summed E-state index contributed by atoms with van der Waals surface area (Å²) in [6, 6.07) is 9.27. The molecule has 0 spiro atoms. The van der Waals surface area contributed by atoms with Crippen molar-refractivity contribution in [2.45, 2.75) is 12.7 Å². The molecular formula is C17H12ClF3N4O2. The Morgan fingerprint density at radius 3 is 2.44 bits per heavy atom. The minimum Gasteiger partial charge on any atom is -0.337 e. The molecule has 0 fully saturated rings. The van der Waals surface area contributed by atoms with Crippen LogP contribution in [-0.2, 0) is 12.7 Å². The number of alkyl halides is 3. The van der Waals surface area contributed by atoms with Gasteiger partial charge in [-0.15, -0.1) is 0 Å². The van der Waals surface area contributed by atoms with Crippen molar-refractivity contribution < 1.29 is 22.5 Å². The number of aromatic nitrogens is 3. The Morgan fingerprint density at radius 1 is 1.19 bits per heavy atom. The third-order valence-corrected chi connectivity index (χ3v) is 3.84. The summed E-state index contributed by atoms with van der Waals surface area (Å²) in [5.74, 6) is -1.89. The summed E-state index contributed by atoms with van der Waals surface area (Å²) in [5, 5.41) is 3.67. The molecule has 1 aromatic carbocycles. The van der Waals surface area contributed by atoms with E-state index in [1.165, 1.54) is 29.2 Å². The maximum Gasteiger partial charge on any atom is 0.471 e. The Labute approximate surface area is 156 Å². The number of benzene rings is 1. The fourth-order valence-electron chi connectivity index (χ4n) is 2.28. The molecule has 0 bridgehead atoms. The first-order valence-corrected chi connectivity index (χ1v) is 7.99. The molecule has 27 heavy (non-hydrogen) atoms. The van der Waals surface area contributed by atoms with Crippen molar-refractivity contribution >= 4 is 17.5 Å². The molecule has 0 saturated carbocycles. The Bertz CT molecular complexity index is 940. The monoisotopic (exact) mass is 396 g/mol. The maximum atomic E-state index is 12.5. The molecular weight excluding hydrogens is 385 g/mol. The van der Waals surface area contributed by atoms with Crippen molar-refractivity contribution in [2.75, 3.05) is 7.05 Å². The van der Waals surface area contributed by atoms with Crippen LogP contribution in [-0.4, -0.2) is 33.0 Å². The van der Waals surface area contributed by atoms with Crippen LogP contribution in [0.25, 0.3) is 11.4 Å². The molecule has 2 heterocycles. The van der Waals surface area contributed by atoms with Gasteiger partial charge in [0.2, 0.25) is 5.82 Å². The highest BCUT2D eigenvalue weighted by molar-refractivity contribution is 6.29. The van der Waals surface area contributed by atoms with Gasteiger partial charge in [0.25, 0.3) is 5.91 Å². The highest BCUT2D eigenvalue weighted by Gasteiger charge is 2.38. The van der Waals surface area contributed by atoms with Crippen molar-refractivity contribution in [3.8, 4) is 11.4 Å². The van der Waals surface area contributed by atoms with Crippen molar-refractivity contribution in [2.24, 2.45) is 0 Å². The number of rotatable bonds is 4. The molecule has 0 aliphatic carbocycles. The summed E-state index contributed by atoms with van der Waals surface area (Å²) >= 11 is 5.73. The summed E-state index contributed by atoms with van der Waals surface area (Å²) < 4.78 is 41.8. The van der Waals surface area contributed by atoms with E-state index >= 15 is 0 Å². The van der Waals surface area contributed by atoms with E-state index in [0.29, 0.717) is 22.8 Å². The van der Waals surface area contributed by atoms with Gasteiger partial charge in [-0.3, -0.25) is 4.79 Å². The Morgan fingerprint density at radius 2 is 1.89 bits per heavy atom. The van der Waals surface area contributed by atoms with Crippen molar-refractivity contribution in [3.63, 3.8) is 0 Å². The molecule has 1 amide bonds. The summed E-state index contributed by atoms with van der Waals surface area (Å²) in [5.41, 5.74) is 1.47. The molecule has 10 heteroatoms. The number of hydrogen-bond donors (Lipinski definition) is 0. The summed E-state index contributed by atoms with van der Waals surface area (Å²) in [6.07, 6.45) is -3.13. The van der Waals surface area contributed by atoms with Gasteiger partial charge in [0.1, 0.15) is 5.15 Å². The number of hydrogen-bond acceptors (Lipinski definition) is 5. The predicted octanol–water partition coefficient (Wildman–Crippen LogP) is 4.08. The molecule has 0 aliphatic rings. The Balaban J connectivity index is 1.71. The smallest absolute Gasteiger partial charge is 0.337 e. The normalized spacial score (nSPS) is 11.4. The van der Waals surface area contributed by atoms with Gasteiger partial charge >= 0.3 is 12.1 Å². The van der Waals surface area contributed by atoms with Crippen LogP contribution in [0.2, 0.25) is 5.15 Å². The van der Waals surface area contributed by atoms with E-state index in [4.69, 9.17) is 11.6 Å². The van der Waals surface area contributed by atoms with Crippen molar-refractivity contribution in [1.29, 1.82) is 0 Å². The van der Waals surface area contributed by atoms with E-state index in [1.54, 1.807) is 25.4 Å². The highest BCUT2D eigenvalue weighted by Crippen LogP contribution is 2.29. The zero-order valence-electron chi connectivity index (χ0n) is 13.9. The van der Waals surface area contributed by atoms with Crippen LogP contribution in [0, 0.1) is 0 Å². The van der Waals surface area contributed by atoms with Crippen LogP contribution < -0.4 is 0 Å². The van der Waals surface area contributed by atoms with E-state index in [-0.39, 0.29) is 11.7 Å². The zero-order valence-corrected chi connectivity index (χ0v) is 14.6. The lowest BCUT2D eigenvalue weighted by atomic mass is 10.1. The third kappa shape index (κ3) is 4.43. The van der Waals surface area contributed by atoms with Gasteiger partial charge in [0, 0.05) is 30.9 Å². The number of halogens is 4. The number of carbonyl (C=O) groups is 1. The standard InChI is InChI=1S/C17H12ClF3N4O2/c1-25(9-10-2-7-13(18)22-8-10)15(26)12-5-3-11(4-6-12)14-23-16(27-24-14)17(19,20)21/h2-8H,9H2,1H3. The molecule has 0 unspecified atom stereocenters. The molecule has 6 nitrogen and oxygen atoms in total. The van der Waals surface area contributed by atoms with Gasteiger partial charge in [-0.25, -0.2) is 4.98 Å². The van der Waals surface area contributed by atoms with Gasteiger partial charge in [-0.2, -0.15) is 18.2 Å². The zero-order chi connectivity index (χ0) is 19.6. The van der Waals surface area contributed by atoms with Gasteiger partial charge in [0.05, 0.1) is 0 Å². The SMILES string of the molecule is CN(Cc1ccc(Cl)nc1)C(=O)c1ccc(-c2noc(C(F)(F)F)n2)cc1. The lowest BCUT2D eigenvalue weighted by Crippen LogP contribution is -2.26. The fourth-order valence-corrected chi connectivity index (χ4v) is 2.40. The van der Waals surface area contributed by atoms with Crippen LogP contribution in [0.1, 0.15) is 21.8 Å². The van der Waals surface area contributed by atoms with E-state index in [0.717, 1.165) is 5.56 Å². The number of amides is 1. The van der Waals surface area contributed by atoms with Crippen LogP contribution in [0.15, 0.2) is 47.1 Å². The van der Waals surface area contributed by atoms with E-state index in [9.17, 15) is 18.0 Å². The molecule has 0 radical (unpaired) electrons. The van der Waals surface area contributed by atoms with Crippen LogP contribution >= 0.6 is 11.6 Å². The van der Waals surface area contributed by atoms with Crippen LogP contribution in [0.5, 0.6) is 0 Å². The molecule has 0 atom stereocenters. The lowest BCUT2D eigenvalue weighted by molar-refractivity contribution is -0.159. The first kappa shape index (κ1) is 18.8. The molecule has 2 aromatic heterocycles. The van der Waals surface area contributed by atoms with E-state index in [1.807, 2.05) is 0 Å². The lowest BCUT2D eigenvalue weighted by Gasteiger charge is -2.17. The minimum atomic E-state index is -4.71. The quantitative estimate of drug-likeness (QED) is 0.621. The second-order valence-electron chi connectivity index (χ2n) is 5.65. The Kier molecular flexibility index (Phi) is 5.13. The molecule has 3 aromatic rings.